The molecule has 2 atom stereocenters. The average Bonchev–Trinajstić information content (AvgIpc) is 2.89. The quantitative estimate of drug-likeness (QED) is 0.865. The Morgan fingerprint density at radius 3 is 2.65 bits per heavy atom. The number of carbonyl (C=O) groups is 1. The average molecular weight is 393 g/mol. The lowest BCUT2D eigenvalue weighted by Gasteiger charge is -2.22. The van der Waals surface area contributed by atoms with E-state index in [1.54, 1.807) is 24.3 Å². The van der Waals surface area contributed by atoms with Crippen molar-refractivity contribution in [3.8, 4) is 0 Å². The third-order valence-electron chi connectivity index (χ3n) is 4.55. The second-order valence-corrected chi connectivity index (χ2v) is 9.00. The van der Waals surface area contributed by atoms with Crippen LogP contribution in [0.2, 0.25) is 5.02 Å². The summed E-state index contributed by atoms with van der Waals surface area (Å²) in [7, 11) is -3.34. The summed E-state index contributed by atoms with van der Waals surface area (Å²) >= 11 is 6.00. The number of fused-ring (bicyclic) bond motifs is 1. The largest absolute Gasteiger partial charge is 0.346 e. The van der Waals surface area contributed by atoms with Gasteiger partial charge in [-0.15, -0.1) is 0 Å². The summed E-state index contributed by atoms with van der Waals surface area (Å²) in [6.45, 7) is 3.76. The van der Waals surface area contributed by atoms with E-state index in [-0.39, 0.29) is 18.0 Å². The molecule has 2 aromatic rings. The lowest BCUT2D eigenvalue weighted by Crippen LogP contribution is -2.34. The number of anilines is 1. The second-order valence-electron chi connectivity index (χ2n) is 6.71. The monoisotopic (exact) mass is 392 g/mol. The van der Waals surface area contributed by atoms with Gasteiger partial charge in [0.25, 0.3) is 5.91 Å². The zero-order valence-corrected chi connectivity index (χ0v) is 16.4. The summed E-state index contributed by atoms with van der Waals surface area (Å²) in [6.07, 6.45) is 1.79. The fraction of sp³-hybridized carbons (Fsp3) is 0.316. The number of hydrogen-bond donors (Lipinski definition) is 1. The molecule has 0 radical (unpaired) electrons. The molecule has 0 saturated heterocycles. The Morgan fingerprint density at radius 1 is 1.27 bits per heavy atom. The molecule has 3 rings (SSSR count). The highest BCUT2D eigenvalue weighted by molar-refractivity contribution is 7.92. The van der Waals surface area contributed by atoms with E-state index in [9.17, 15) is 13.2 Å². The molecule has 138 valence electrons. The zero-order valence-electron chi connectivity index (χ0n) is 14.9. The van der Waals surface area contributed by atoms with Crippen molar-refractivity contribution in [1.82, 2.24) is 5.32 Å². The van der Waals surface area contributed by atoms with E-state index < -0.39 is 10.0 Å². The van der Waals surface area contributed by atoms with Crippen LogP contribution in [-0.2, 0) is 16.4 Å². The van der Waals surface area contributed by atoms with Crippen LogP contribution in [0.5, 0.6) is 0 Å². The molecule has 5 nitrogen and oxygen atoms in total. The normalized spacial score (nSPS) is 17.7. The number of hydrogen-bond acceptors (Lipinski definition) is 3. The van der Waals surface area contributed by atoms with Crippen molar-refractivity contribution in [3.05, 3.63) is 64.2 Å². The Hall–Kier alpha value is -2.05. The number of nitrogens with zero attached hydrogens (tertiary/aromatic N) is 1. The molecule has 1 aliphatic heterocycles. The van der Waals surface area contributed by atoms with Gasteiger partial charge in [0, 0.05) is 16.6 Å². The third-order valence-corrected chi connectivity index (χ3v) is 6.05. The lowest BCUT2D eigenvalue weighted by atomic mass is 10.0. The summed E-state index contributed by atoms with van der Waals surface area (Å²) < 4.78 is 25.4. The molecule has 1 N–H and O–H groups in total. The predicted molar refractivity (Wildman–Crippen MR) is 104 cm³/mol. The highest BCUT2D eigenvalue weighted by Crippen LogP contribution is 2.34. The maximum atomic E-state index is 12.6. The standard InChI is InChI=1S/C19H21ClN2O3S/c1-12-9-16-10-15(7-8-18(16)22(12)26(3,24)25)19(23)21-13(2)14-5-4-6-17(20)11-14/h4-8,10-13H,9H2,1-3H3,(H,21,23)/t12-,13-/m0/s1. The summed E-state index contributed by atoms with van der Waals surface area (Å²) in [5.41, 5.74) is 2.95. The van der Waals surface area contributed by atoms with Crippen LogP contribution in [0.25, 0.3) is 0 Å². The first-order valence-electron chi connectivity index (χ1n) is 8.35. The molecule has 0 spiro atoms. The van der Waals surface area contributed by atoms with Gasteiger partial charge in [-0.2, -0.15) is 0 Å². The fourth-order valence-electron chi connectivity index (χ4n) is 3.39. The topological polar surface area (TPSA) is 66.5 Å². The summed E-state index contributed by atoms with van der Waals surface area (Å²) in [4.78, 5) is 12.6. The van der Waals surface area contributed by atoms with Gasteiger partial charge >= 0.3 is 0 Å². The molecule has 0 saturated carbocycles. The minimum atomic E-state index is -3.34. The molecule has 1 heterocycles. The maximum Gasteiger partial charge on any atom is 0.251 e. The Balaban J connectivity index is 1.81. The first kappa shape index (κ1) is 18.7. The minimum absolute atomic E-state index is 0.149. The van der Waals surface area contributed by atoms with Crippen molar-refractivity contribution in [2.45, 2.75) is 32.4 Å². The minimum Gasteiger partial charge on any atom is -0.346 e. The molecule has 0 aliphatic carbocycles. The van der Waals surface area contributed by atoms with Gasteiger partial charge in [0.1, 0.15) is 0 Å². The van der Waals surface area contributed by atoms with Crippen LogP contribution in [0.1, 0.15) is 41.4 Å². The SMILES string of the molecule is C[C@H](NC(=O)c1ccc2c(c1)C[C@H](C)N2S(C)(=O)=O)c1cccc(Cl)c1. The Morgan fingerprint density at radius 2 is 2.00 bits per heavy atom. The van der Waals surface area contributed by atoms with E-state index >= 15 is 0 Å². The van der Waals surface area contributed by atoms with E-state index in [1.807, 2.05) is 32.0 Å². The summed E-state index contributed by atoms with van der Waals surface area (Å²) in [5.74, 6) is -0.203. The first-order valence-corrected chi connectivity index (χ1v) is 10.6. The number of amides is 1. The second kappa shape index (κ2) is 6.93. The van der Waals surface area contributed by atoms with Crippen LogP contribution in [0, 0.1) is 0 Å². The molecule has 0 aromatic heterocycles. The van der Waals surface area contributed by atoms with Gasteiger partial charge in [0.05, 0.1) is 18.0 Å². The molecule has 0 bridgehead atoms. The molecule has 2 aromatic carbocycles. The highest BCUT2D eigenvalue weighted by atomic mass is 35.5. The van der Waals surface area contributed by atoms with Gasteiger partial charge in [-0.3, -0.25) is 9.10 Å². The maximum absolute atomic E-state index is 12.6. The van der Waals surface area contributed by atoms with Gasteiger partial charge < -0.3 is 5.32 Å². The predicted octanol–water partition coefficient (Wildman–Crippen LogP) is 3.54. The van der Waals surface area contributed by atoms with Gasteiger partial charge in [-0.25, -0.2) is 8.42 Å². The Kier molecular flexibility index (Phi) is 4.99. The van der Waals surface area contributed by atoms with Crippen molar-refractivity contribution >= 4 is 33.2 Å². The molecule has 7 heteroatoms. The lowest BCUT2D eigenvalue weighted by molar-refractivity contribution is 0.0940. The molecule has 26 heavy (non-hydrogen) atoms. The smallest absolute Gasteiger partial charge is 0.251 e. The fourth-order valence-corrected chi connectivity index (χ4v) is 4.85. The van der Waals surface area contributed by atoms with Crippen LogP contribution in [0.4, 0.5) is 5.69 Å². The number of rotatable bonds is 4. The van der Waals surface area contributed by atoms with Crippen LogP contribution < -0.4 is 9.62 Å². The van der Waals surface area contributed by atoms with Gasteiger partial charge in [0.15, 0.2) is 0 Å². The first-order chi connectivity index (χ1) is 12.2. The van der Waals surface area contributed by atoms with Crippen LogP contribution in [0.15, 0.2) is 42.5 Å². The van der Waals surface area contributed by atoms with E-state index in [0.717, 1.165) is 11.1 Å². The van der Waals surface area contributed by atoms with Crippen molar-refractivity contribution in [3.63, 3.8) is 0 Å². The van der Waals surface area contributed by atoms with Crippen molar-refractivity contribution < 1.29 is 13.2 Å². The Bertz CT molecular complexity index is 959. The van der Waals surface area contributed by atoms with E-state index in [2.05, 4.69) is 5.32 Å². The molecular weight excluding hydrogens is 372 g/mol. The summed E-state index contributed by atoms with van der Waals surface area (Å²) in [5, 5.41) is 3.58. The molecule has 1 aliphatic rings. The highest BCUT2D eigenvalue weighted by Gasteiger charge is 2.32. The third kappa shape index (κ3) is 3.71. The van der Waals surface area contributed by atoms with E-state index in [4.69, 9.17) is 11.6 Å². The van der Waals surface area contributed by atoms with Crippen molar-refractivity contribution in [2.24, 2.45) is 0 Å². The number of halogens is 1. The number of nitrogens with one attached hydrogen (secondary N) is 1. The number of sulfonamides is 1. The van der Waals surface area contributed by atoms with Gasteiger partial charge in [0.2, 0.25) is 10.0 Å². The van der Waals surface area contributed by atoms with Crippen LogP contribution in [-0.4, -0.2) is 26.6 Å². The van der Waals surface area contributed by atoms with E-state index in [1.165, 1.54) is 10.6 Å². The number of carbonyl (C=O) groups excluding carboxylic acids is 1. The molecular formula is C19H21ClN2O3S. The molecule has 0 fully saturated rings. The van der Waals surface area contributed by atoms with Gasteiger partial charge in [-0.05, 0) is 61.7 Å². The van der Waals surface area contributed by atoms with Crippen molar-refractivity contribution in [1.29, 1.82) is 0 Å². The molecule has 0 unspecified atom stereocenters. The van der Waals surface area contributed by atoms with Crippen LogP contribution in [0.3, 0.4) is 0 Å². The molecule has 1 amide bonds. The van der Waals surface area contributed by atoms with Crippen LogP contribution >= 0.6 is 11.6 Å². The van der Waals surface area contributed by atoms with Gasteiger partial charge in [-0.1, -0.05) is 23.7 Å². The summed E-state index contributed by atoms with van der Waals surface area (Å²) in [6, 6.07) is 12.2. The zero-order chi connectivity index (χ0) is 19.1. The Labute approximate surface area is 159 Å². The van der Waals surface area contributed by atoms with Crippen molar-refractivity contribution in [2.75, 3.05) is 10.6 Å². The number of benzene rings is 2. The van der Waals surface area contributed by atoms with E-state index in [0.29, 0.717) is 22.7 Å².